The number of nitrogens with zero attached hydrogens (tertiary/aromatic N) is 10. The fourth-order valence-corrected chi connectivity index (χ4v) is 15.3. The van der Waals surface area contributed by atoms with Crippen molar-refractivity contribution in [2.24, 2.45) is 0 Å². The first-order chi connectivity index (χ1) is 52.3. The third-order valence-electron chi connectivity index (χ3n) is 18.1. The molecule has 108 heavy (non-hydrogen) atoms. The van der Waals surface area contributed by atoms with Gasteiger partial charge >= 0.3 is 6.18 Å². The Balaban J connectivity index is 0.000000127. The molecule has 0 atom stereocenters. The minimum Gasteiger partial charge on any atom is -0.496 e. The molecule has 4 aliphatic heterocycles. The zero-order valence-corrected chi connectivity index (χ0v) is 60.4. The molecule has 12 aromatic rings. The molecule has 0 spiro atoms. The predicted molar refractivity (Wildman–Crippen MR) is 402 cm³/mol. The standard InChI is InChI=1S/C22H21FN4O2.C19H16ClN3O3S.C19H14F3N3O2S.C17H14N4O2S/c23-21-17-9-11-27(13-16(17)6-7-18(21)19(29)14-28)20-8-10-24-22(26-20)25-12-15-4-2-1-3-5-15;1-26-17-7-12(18(24)22-25)5-13-8-23(9-15(13)17)19-21-16(10-27-19)11-3-2-4-14(20)6-11;20-19(21,22)15-5-3-11(4-6-15)16-10-28-18(23-16)25-8-13-2-1-12(17(26)24-27)7-14(13)9-25;22-16(20-23)11-3-4-13-8-21(9-14(13)6-11)17-19-15(10-24-17)12-2-1-5-18-7-12/h1-8,10,28H,9,11-14H2,(H,24,25,26);2-7,10,25H,8-9H2,1H3,(H,22,24);1-7,10,27H,8-9H2,(H,24,26);1-7,10,23H,8-9H2,(H,20,22). The monoisotopic (exact) mass is 1540 g/mol. The lowest BCUT2D eigenvalue weighted by Gasteiger charge is -2.30. The van der Waals surface area contributed by atoms with Crippen molar-refractivity contribution in [1.82, 2.24) is 46.3 Å². The van der Waals surface area contributed by atoms with Gasteiger partial charge in [-0.2, -0.15) is 18.2 Å². The van der Waals surface area contributed by atoms with Crippen LogP contribution >= 0.6 is 45.6 Å². The Morgan fingerprint density at radius 3 is 1.69 bits per heavy atom. The number of aromatic nitrogens is 6. The molecule has 550 valence electrons. The summed E-state index contributed by atoms with van der Waals surface area (Å²) in [5.74, 6) is -0.826. The smallest absolute Gasteiger partial charge is 0.416 e. The van der Waals surface area contributed by atoms with E-state index in [1.54, 1.807) is 101 Å². The van der Waals surface area contributed by atoms with Crippen LogP contribution in [0, 0.1) is 5.82 Å². The summed E-state index contributed by atoms with van der Waals surface area (Å²) in [5.41, 5.74) is 19.1. The molecule has 0 saturated carbocycles. The number of ketones is 1. The van der Waals surface area contributed by atoms with E-state index in [1.807, 2.05) is 112 Å². The first-order valence-corrected chi connectivity index (χ1v) is 36.4. The highest BCUT2D eigenvalue weighted by atomic mass is 35.5. The predicted octanol–water partition coefficient (Wildman–Crippen LogP) is 14.4. The van der Waals surface area contributed by atoms with E-state index in [0.29, 0.717) is 109 Å². The molecule has 0 unspecified atom stereocenters. The van der Waals surface area contributed by atoms with Crippen LogP contribution in [0.3, 0.4) is 0 Å². The zero-order chi connectivity index (χ0) is 75.6. The van der Waals surface area contributed by atoms with E-state index < -0.39 is 47.7 Å². The van der Waals surface area contributed by atoms with Gasteiger partial charge in [-0.1, -0.05) is 84.4 Å². The molecule has 0 fully saturated rings. The van der Waals surface area contributed by atoms with Crippen molar-refractivity contribution >= 4 is 96.3 Å². The van der Waals surface area contributed by atoms with Gasteiger partial charge in [-0.05, 0) is 136 Å². The summed E-state index contributed by atoms with van der Waals surface area (Å²) in [7, 11) is 1.57. The van der Waals surface area contributed by atoms with Crippen molar-refractivity contribution in [2.75, 3.05) is 45.2 Å². The molecule has 5 aromatic heterocycles. The second kappa shape index (κ2) is 33.5. The molecular formula is C77H65ClF4N14O9S3. The number of Topliss-reactive ketones (excluding diaryl/α,β-unsaturated/α-hetero) is 1. The van der Waals surface area contributed by atoms with Gasteiger partial charge in [-0.25, -0.2) is 40.8 Å². The minimum absolute atomic E-state index is 0.0471. The van der Waals surface area contributed by atoms with E-state index in [1.165, 1.54) is 35.1 Å². The summed E-state index contributed by atoms with van der Waals surface area (Å²) < 4.78 is 58.2. The number of hydroxylamine groups is 3. The van der Waals surface area contributed by atoms with Gasteiger partial charge in [0.2, 0.25) is 5.95 Å². The molecule has 23 nitrogen and oxygen atoms in total. The highest BCUT2D eigenvalue weighted by Crippen LogP contribution is 2.40. The molecule has 31 heteroatoms. The van der Waals surface area contributed by atoms with E-state index in [-0.39, 0.29) is 5.56 Å². The van der Waals surface area contributed by atoms with Crippen LogP contribution in [0.15, 0.2) is 192 Å². The Hall–Kier alpha value is -11.6. The van der Waals surface area contributed by atoms with Gasteiger partial charge in [0.05, 0.1) is 35.3 Å². The molecule has 9 heterocycles. The Labute approximate surface area is 631 Å². The molecule has 0 saturated heterocycles. The third-order valence-corrected chi connectivity index (χ3v) is 21.0. The molecule has 4 aliphatic rings. The molecular weight excluding hydrogens is 1470 g/mol. The molecule has 7 aromatic carbocycles. The van der Waals surface area contributed by atoms with Crippen LogP contribution in [0.5, 0.6) is 5.75 Å². The fraction of sp³-hybridized carbons (Fsp3) is 0.169. The van der Waals surface area contributed by atoms with Gasteiger partial charge in [-0.3, -0.25) is 39.8 Å². The van der Waals surface area contributed by atoms with Gasteiger partial charge < -0.3 is 34.8 Å². The maximum Gasteiger partial charge on any atom is 0.416 e. The van der Waals surface area contributed by atoms with Crippen LogP contribution in [0.1, 0.15) is 97.1 Å². The number of carbonyl (C=O) groups is 4. The molecule has 16 rings (SSSR count). The van der Waals surface area contributed by atoms with Crippen LogP contribution in [0.2, 0.25) is 5.02 Å². The number of nitrogens with one attached hydrogen (secondary N) is 4. The van der Waals surface area contributed by atoms with E-state index in [0.717, 1.165) is 101 Å². The fourth-order valence-electron chi connectivity index (χ4n) is 12.6. The number of benzene rings is 7. The highest BCUT2D eigenvalue weighted by molar-refractivity contribution is 7.14. The quantitative estimate of drug-likeness (QED) is 0.0193. The second-order valence-corrected chi connectivity index (χ2v) is 27.9. The van der Waals surface area contributed by atoms with Crippen molar-refractivity contribution in [3.8, 4) is 39.5 Å². The number of methoxy groups -OCH3 is 1. The summed E-state index contributed by atoms with van der Waals surface area (Å²) in [6.07, 6.45) is 1.35. The number of ether oxygens (including phenoxy) is 1. The number of rotatable bonds is 16. The van der Waals surface area contributed by atoms with Crippen molar-refractivity contribution < 1.29 is 62.2 Å². The third kappa shape index (κ3) is 17.3. The number of fused-ring (bicyclic) bond motifs is 4. The molecule has 0 aliphatic carbocycles. The summed E-state index contributed by atoms with van der Waals surface area (Å²) in [4.78, 5) is 81.9. The Morgan fingerprint density at radius 2 is 1.10 bits per heavy atom. The minimum atomic E-state index is -4.36. The van der Waals surface area contributed by atoms with Crippen molar-refractivity contribution in [3.05, 3.63) is 281 Å². The van der Waals surface area contributed by atoms with Gasteiger partial charge in [0, 0.05) is 138 Å². The number of carbonyl (C=O) groups excluding carboxylic acids is 4. The van der Waals surface area contributed by atoms with Crippen LogP contribution in [0.4, 0.5) is 44.7 Å². The molecule has 3 amide bonds. The number of halogens is 5. The average molecular weight is 1540 g/mol. The lowest BCUT2D eigenvalue weighted by atomic mass is 9.95. The van der Waals surface area contributed by atoms with Gasteiger partial charge in [0.25, 0.3) is 17.7 Å². The maximum absolute atomic E-state index is 14.7. The lowest BCUT2D eigenvalue weighted by Crippen LogP contribution is -2.32. The number of aliphatic hydroxyl groups is 1. The zero-order valence-electron chi connectivity index (χ0n) is 57.2. The number of alkyl halides is 3. The van der Waals surface area contributed by atoms with E-state index in [4.69, 9.17) is 47.0 Å². The molecule has 0 radical (unpaired) electrons. The van der Waals surface area contributed by atoms with Gasteiger partial charge in [-0.15, -0.1) is 34.0 Å². The van der Waals surface area contributed by atoms with E-state index in [9.17, 15) is 36.7 Å². The highest BCUT2D eigenvalue weighted by Gasteiger charge is 2.32. The summed E-state index contributed by atoms with van der Waals surface area (Å²) in [5, 5.41) is 47.7. The number of thiazole rings is 3. The normalized spacial score (nSPS) is 13.1. The van der Waals surface area contributed by atoms with Crippen LogP contribution in [-0.4, -0.2) is 94.4 Å². The van der Waals surface area contributed by atoms with Gasteiger partial charge in [0.1, 0.15) is 24.0 Å². The second-order valence-electron chi connectivity index (χ2n) is 24.9. The van der Waals surface area contributed by atoms with Crippen molar-refractivity contribution in [2.45, 2.75) is 65.0 Å². The number of amides is 3. The first-order valence-electron chi connectivity index (χ1n) is 33.4. The van der Waals surface area contributed by atoms with E-state index >= 15 is 0 Å². The largest absolute Gasteiger partial charge is 0.496 e. The van der Waals surface area contributed by atoms with Crippen LogP contribution < -0.4 is 46.1 Å². The van der Waals surface area contributed by atoms with Crippen LogP contribution in [-0.2, 0) is 65.0 Å². The van der Waals surface area contributed by atoms with Crippen molar-refractivity contribution in [3.63, 3.8) is 0 Å². The maximum atomic E-state index is 14.7. The number of hydrogen-bond acceptors (Lipinski definition) is 23. The average Bonchev–Trinajstić information content (AvgIpc) is 1.38. The Morgan fingerprint density at radius 1 is 0.546 bits per heavy atom. The number of hydrogen-bond donors (Lipinski definition) is 8. The molecule has 0 bridgehead atoms. The topological polar surface area (TPSA) is 297 Å². The number of aliphatic hydroxyl groups excluding tert-OH is 1. The van der Waals surface area contributed by atoms with Gasteiger partial charge in [0.15, 0.2) is 21.2 Å². The Bertz CT molecular complexity index is 5270. The summed E-state index contributed by atoms with van der Waals surface area (Å²) in [6, 6.07) is 45.5. The first kappa shape index (κ1) is 74.7. The number of pyridine rings is 1. The van der Waals surface area contributed by atoms with Crippen molar-refractivity contribution in [1.29, 1.82) is 0 Å². The van der Waals surface area contributed by atoms with Crippen LogP contribution in [0.25, 0.3) is 33.8 Å². The summed E-state index contributed by atoms with van der Waals surface area (Å²) in [6.45, 7) is 4.89. The lowest BCUT2D eigenvalue weighted by molar-refractivity contribution is -0.137. The Kier molecular flexibility index (Phi) is 23.1. The number of anilines is 5. The van der Waals surface area contributed by atoms with E-state index in [2.05, 4.69) is 40.0 Å². The summed E-state index contributed by atoms with van der Waals surface area (Å²) >= 11 is 10.6. The SMILES string of the molecule is COc1cc(C(=O)NO)cc2c1CN(c1nc(-c3cccc(Cl)c3)cs1)C2.O=C(CO)c1ccc2c(c1F)CCN(c1ccnc(NCc3ccccc3)n1)C2.O=C(NO)c1ccc2c(c1)CN(c1nc(-c3ccc(C(F)(F)F)cc3)cs1)C2.O=C(NO)c1ccc2c(c1)CN(c1nc(-c3cccnc3)cs1)C2. The molecule has 8 N–H and O–H groups in total.